The van der Waals surface area contributed by atoms with Gasteiger partial charge in [0.1, 0.15) is 11.4 Å². The predicted molar refractivity (Wildman–Crippen MR) is 135 cm³/mol. The zero-order chi connectivity index (χ0) is 24.8. The Balaban J connectivity index is 1.20. The molecule has 1 atom stereocenters. The minimum absolute atomic E-state index is 0.0983. The van der Waals surface area contributed by atoms with Gasteiger partial charge in [-0.05, 0) is 76.5 Å². The highest BCUT2D eigenvalue weighted by Gasteiger charge is 2.28. The van der Waals surface area contributed by atoms with Crippen molar-refractivity contribution in [2.45, 2.75) is 58.5 Å². The lowest BCUT2D eigenvalue weighted by Crippen LogP contribution is -2.48. The van der Waals surface area contributed by atoms with Crippen LogP contribution >= 0.6 is 0 Å². The summed E-state index contributed by atoms with van der Waals surface area (Å²) < 4.78 is 11.5. The number of carbonyl (C=O) groups is 2. The summed E-state index contributed by atoms with van der Waals surface area (Å²) in [6.07, 6.45) is 8.13. The standard InChI is InChI=1S/C27H40N4O4/c1-27(2,3)35-26(33)31-14-10-20(11-15-31)19-34-23-8-9-24(29-18-23)21-4-6-22(7-5-21)25(32)30-16-12-28-13-17-30/h4,8-9,18,20,22,28H,5-7,10-17,19H2,1-3H3. The molecule has 8 nitrogen and oxygen atoms in total. The second kappa shape index (κ2) is 11.4. The van der Waals surface area contributed by atoms with Crippen LogP contribution in [0.25, 0.3) is 5.57 Å². The zero-order valence-corrected chi connectivity index (χ0v) is 21.4. The second-order valence-corrected chi connectivity index (χ2v) is 10.9. The van der Waals surface area contributed by atoms with Crippen molar-refractivity contribution in [2.24, 2.45) is 11.8 Å². The van der Waals surface area contributed by atoms with E-state index in [9.17, 15) is 9.59 Å². The Bertz CT molecular complexity index is 895. The van der Waals surface area contributed by atoms with Gasteiger partial charge in [-0.15, -0.1) is 0 Å². The third-order valence-corrected chi connectivity index (χ3v) is 7.01. The van der Waals surface area contributed by atoms with E-state index in [4.69, 9.17) is 9.47 Å². The highest BCUT2D eigenvalue weighted by atomic mass is 16.6. The number of pyridine rings is 1. The Labute approximate surface area is 209 Å². The molecule has 2 saturated heterocycles. The van der Waals surface area contributed by atoms with Crippen molar-refractivity contribution in [2.75, 3.05) is 45.9 Å². The molecule has 0 spiro atoms. The number of likely N-dealkylation sites (tertiary alicyclic amines) is 1. The van der Waals surface area contributed by atoms with Gasteiger partial charge in [0, 0.05) is 45.2 Å². The van der Waals surface area contributed by atoms with Crippen LogP contribution in [0.2, 0.25) is 0 Å². The number of hydrogen-bond acceptors (Lipinski definition) is 6. The minimum Gasteiger partial charge on any atom is -0.492 e. The molecular formula is C27H40N4O4. The fraction of sp³-hybridized carbons (Fsp3) is 0.667. The Morgan fingerprint density at radius 3 is 2.40 bits per heavy atom. The van der Waals surface area contributed by atoms with Crippen LogP contribution < -0.4 is 10.1 Å². The summed E-state index contributed by atoms with van der Waals surface area (Å²) in [5, 5.41) is 3.30. The number of nitrogens with one attached hydrogen (secondary N) is 1. The fourth-order valence-electron chi connectivity index (χ4n) is 4.91. The van der Waals surface area contributed by atoms with Crippen LogP contribution in [-0.2, 0) is 9.53 Å². The summed E-state index contributed by atoms with van der Waals surface area (Å²) in [4.78, 5) is 33.4. The fourth-order valence-corrected chi connectivity index (χ4v) is 4.91. The number of rotatable bonds is 5. The van der Waals surface area contributed by atoms with Crippen molar-refractivity contribution in [3.8, 4) is 5.75 Å². The third kappa shape index (κ3) is 7.19. The van der Waals surface area contributed by atoms with E-state index in [1.165, 1.54) is 5.57 Å². The van der Waals surface area contributed by atoms with E-state index in [-0.39, 0.29) is 12.0 Å². The molecule has 1 aliphatic carbocycles. The van der Waals surface area contributed by atoms with E-state index < -0.39 is 5.60 Å². The van der Waals surface area contributed by atoms with Gasteiger partial charge >= 0.3 is 6.09 Å². The van der Waals surface area contributed by atoms with Gasteiger partial charge in [0.05, 0.1) is 18.5 Å². The van der Waals surface area contributed by atoms with E-state index in [1.54, 1.807) is 11.1 Å². The Hall–Kier alpha value is -2.61. The Morgan fingerprint density at radius 1 is 1.06 bits per heavy atom. The summed E-state index contributed by atoms with van der Waals surface area (Å²) in [6.45, 7) is 11.1. The van der Waals surface area contributed by atoms with Crippen molar-refractivity contribution < 1.29 is 19.1 Å². The first-order valence-corrected chi connectivity index (χ1v) is 13.0. The molecule has 1 unspecified atom stereocenters. The van der Waals surface area contributed by atoms with E-state index in [2.05, 4.69) is 16.4 Å². The van der Waals surface area contributed by atoms with Crippen molar-refractivity contribution >= 4 is 17.6 Å². The Kier molecular flexibility index (Phi) is 8.31. The molecule has 0 saturated carbocycles. The van der Waals surface area contributed by atoms with Crippen LogP contribution in [0.1, 0.15) is 58.6 Å². The second-order valence-electron chi connectivity index (χ2n) is 10.9. The lowest BCUT2D eigenvalue weighted by atomic mass is 9.87. The molecule has 1 aromatic heterocycles. The third-order valence-electron chi connectivity index (χ3n) is 7.01. The van der Waals surface area contributed by atoms with Gasteiger partial charge in [-0.2, -0.15) is 0 Å². The van der Waals surface area contributed by atoms with Crippen LogP contribution in [0.5, 0.6) is 5.75 Å². The molecule has 0 bridgehead atoms. The number of allylic oxidation sites excluding steroid dienone is 2. The number of piperazine rings is 1. The molecular weight excluding hydrogens is 444 g/mol. The maximum atomic E-state index is 12.8. The quantitative estimate of drug-likeness (QED) is 0.686. The molecule has 1 aromatic rings. The normalized spacial score (nSPS) is 21.9. The van der Waals surface area contributed by atoms with Gasteiger partial charge < -0.3 is 24.6 Å². The molecule has 8 heteroatoms. The molecule has 2 amide bonds. The van der Waals surface area contributed by atoms with Crippen LogP contribution in [0.15, 0.2) is 24.4 Å². The number of hydrogen-bond donors (Lipinski definition) is 1. The molecule has 2 fully saturated rings. The summed E-state index contributed by atoms with van der Waals surface area (Å²) in [7, 11) is 0. The molecule has 1 N–H and O–H groups in total. The van der Waals surface area contributed by atoms with Gasteiger partial charge in [0.2, 0.25) is 5.91 Å². The largest absolute Gasteiger partial charge is 0.492 e. The monoisotopic (exact) mass is 484 g/mol. The number of amides is 2. The molecule has 3 aliphatic rings. The first kappa shape index (κ1) is 25.5. The average Bonchev–Trinajstić information content (AvgIpc) is 2.87. The molecule has 3 heterocycles. The first-order chi connectivity index (χ1) is 16.8. The number of ether oxygens (including phenoxy) is 2. The van der Waals surface area contributed by atoms with Crippen molar-refractivity contribution in [1.82, 2.24) is 20.1 Å². The maximum absolute atomic E-state index is 12.8. The van der Waals surface area contributed by atoms with E-state index in [0.29, 0.717) is 31.5 Å². The zero-order valence-electron chi connectivity index (χ0n) is 21.4. The highest BCUT2D eigenvalue weighted by molar-refractivity contribution is 5.80. The van der Waals surface area contributed by atoms with Gasteiger partial charge in [-0.3, -0.25) is 9.78 Å². The lowest BCUT2D eigenvalue weighted by molar-refractivity contribution is -0.136. The van der Waals surface area contributed by atoms with Crippen LogP contribution in [-0.4, -0.2) is 78.3 Å². The topological polar surface area (TPSA) is 84.0 Å². The maximum Gasteiger partial charge on any atom is 0.410 e. The van der Waals surface area contributed by atoms with Gasteiger partial charge in [0.25, 0.3) is 0 Å². The minimum atomic E-state index is -0.464. The van der Waals surface area contributed by atoms with Crippen molar-refractivity contribution in [1.29, 1.82) is 0 Å². The van der Waals surface area contributed by atoms with Gasteiger partial charge in [0.15, 0.2) is 0 Å². The number of piperidine rings is 1. The molecule has 192 valence electrons. The number of nitrogens with zero attached hydrogens (tertiary/aromatic N) is 3. The molecule has 0 aromatic carbocycles. The van der Waals surface area contributed by atoms with E-state index >= 15 is 0 Å². The van der Waals surface area contributed by atoms with E-state index in [0.717, 1.165) is 69.7 Å². The molecule has 4 rings (SSSR count). The molecule has 2 aliphatic heterocycles. The van der Waals surface area contributed by atoms with Crippen molar-refractivity contribution in [3.63, 3.8) is 0 Å². The van der Waals surface area contributed by atoms with Crippen LogP contribution in [0.3, 0.4) is 0 Å². The molecule has 35 heavy (non-hydrogen) atoms. The highest BCUT2D eigenvalue weighted by Crippen LogP contribution is 2.31. The summed E-state index contributed by atoms with van der Waals surface area (Å²) in [6, 6.07) is 4.00. The van der Waals surface area contributed by atoms with Crippen LogP contribution in [0.4, 0.5) is 4.79 Å². The number of carbonyl (C=O) groups excluding carboxylic acids is 2. The average molecular weight is 485 g/mol. The van der Waals surface area contributed by atoms with Gasteiger partial charge in [-0.25, -0.2) is 4.79 Å². The summed E-state index contributed by atoms with van der Waals surface area (Å²) >= 11 is 0. The lowest BCUT2D eigenvalue weighted by Gasteiger charge is -2.33. The SMILES string of the molecule is CC(C)(C)OC(=O)N1CCC(COc2ccc(C3=CCC(C(=O)N4CCNCC4)CC3)nc2)CC1. The molecule has 0 radical (unpaired) electrons. The smallest absolute Gasteiger partial charge is 0.410 e. The van der Waals surface area contributed by atoms with Gasteiger partial charge in [-0.1, -0.05) is 6.08 Å². The predicted octanol–water partition coefficient (Wildman–Crippen LogP) is 3.72. The van der Waals surface area contributed by atoms with Crippen molar-refractivity contribution in [3.05, 3.63) is 30.1 Å². The summed E-state index contributed by atoms with van der Waals surface area (Å²) in [5.41, 5.74) is 1.72. The summed E-state index contributed by atoms with van der Waals surface area (Å²) in [5.74, 6) is 1.59. The first-order valence-electron chi connectivity index (χ1n) is 13.0. The van der Waals surface area contributed by atoms with Crippen LogP contribution in [0, 0.1) is 11.8 Å². The number of aromatic nitrogens is 1. The Morgan fingerprint density at radius 2 is 1.80 bits per heavy atom. The van der Waals surface area contributed by atoms with E-state index in [1.807, 2.05) is 37.8 Å².